The summed E-state index contributed by atoms with van der Waals surface area (Å²) in [5.74, 6) is -1.01. The van der Waals surface area contributed by atoms with E-state index >= 15 is 0 Å². The Kier molecular flexibility index (Phi) is 46.0. The lowest BCUT2D eigenvalue weighted by atomic mass is 10.1. The number of esters is 3. The second kappa shape index (κ2) is 48.5. The first-order chi connectivity index (χ1) is 29.5. The average molecular weight is 837 g/mol. The molecule has 0 bridgehead atoms. The van der Waals surface area contributed by atoms with Gasteiger partial charge in [-0.2, -0.15) is 0 Å². The van der Waals surface area contributed by atoms with Crippen LogP contribution < -0.4 is 0 Å². The van der Waals surface area contributed by atoms with Crippen molar-refractivity contribution in [3.8, 4) is 0 Å². The summed E-state index contributed by atoms with van der Waals surface area (Å²) >= 11 is 0. The number of ether oxygens (including phenoxy) is 3. The van der Waals surface area contributed by atoms with Crippen LogP contribution in [-0.4, -0.2) is 37.2 Å². The third-order valence-electron chi connectivity index (χ3n) is 10.4. The Morgan fingerprint density at radius 3 is 1.13 bits per heavy atom. The van der Waals surface area contributed by atoms with Gasteiger partial charge in [-0.1, -0.05) is 184 Å². The standard InChI is InChI=1S/C54H92O6/c1-4-7-10-13-16-19-21-23-25-27-29-30-32-35-38-41-44-47-53(56)59-50-51(49-58-52(55)46-43-40-37-34-18-15-12-9-6-3)60-54(57)48-45-42-39-36-33-31-28-26-24-22-20-17-14-11-8-5-2/h9,12,18,23,25-26,28-30,34-35,38,51H,4-8,10-11,13-17,19-22,24,27,31-33,36-37,39-50H2,1-3H3/b12-9-,25-23-,28-26-,30-29-,34-18-,38-35-. The van der Waals surface area contributed by atoms with Crippen molar-refractivity contribution in [2.75, 3.05) is 13.2 Å². The predicted molar refractivity (Wildman–Crippen MR) is 256 cm³/mol. The van der Waals surface area contributed by atoms with Crippen LogP contribution in [0, 0.1) is 0 Å². The molecule has 0 aliphatic carbocycles. The van der Waals surface area contributed by atoms with E-state index in [1.54, 1.807) is 0 Å². The Morgan fingerprint density at radius 1 is 0.350 bits per heavy atom. The van der Waals surface area contributed by atoms with Crippen molar-refractivity contribution >= 4 is 17.9 Å². The van der Waals surface area contributed by atoms with Crippen molar-refractivity contribution in [1.82, 2.24) is 0 Å². The maximum atomic E-state index is 12.8. The molecular formula is C54H92O6. The van der Waals surface area contributed by atoms with E-state index in [0.717, 1.165) is 83.5 Å². The minimum absolute atomic E-state index is 0.112. The van der Waals surface area contributed by atoms with Crippen LogP contribution in [0.3, 0.4) is 0 Å². The highest BCUT2D eigenvalue weighted by Gasteiger charge is 2.19. The highest BCUT2D eigenvalue weighted by Crippen LogP contribution is 2.13. The van der Waals surface area contributed by atoms with Gasteiger partial charge in [0.1, 0.15) is 13.2 Å². The number of hydrogen-bond donors (Lipinski definition) is 0. The molecule has 6 nitrogen and oxygen atoms in total. The molecule has 0 spiro atoms. The first-order valence-corrected chi connectivity index (χ1v) is 24.9. The fourth-order valence-corrected chi connectivity index (χ4v) is 6.67. The second-order valence-electron chi connectivity index (χ2n) is 16.3. The highest BCUT2D eigenvalue weighted by molar-refractivity contribution is 5.71. The molecule has 1 atom stereocenters. The molecule has 0 saturated carbocycles. The van der Waals surface area contributed by atoms with Crippen molar-refractivity contribution in [2.24, 2.45) is 0 Å². The van der Waals surface area contributed by atoms with Crippen LogP contribution in [0.4, 0.5) is 0 Å². The molecule has 0 aliphatic heterocycles. The van der Waals surface area contributed by atoms with Crippen molar-refractivity contribution in [2.45, 2.75) is 239 Å². The molecular weight excluding hydrogens is 745 g/mol. The molecule has 0 fully saturated rings. The smallest absolute Gasteiger partial charge is 0.306 e. The highest BCUT2D eigenvalue weighted by atomic mass is 16.6. The Bertz CT molecular complexity index is 1140. The molecule has 6 heteroatoms. The summed E-state index contributed by atoms with van der Waals surface area (Å²) in [6.07, 6.45) is 60.5. The van der Waals surface area contributed by atoms with Crippen molar-refractivity contribution < 1.29 is 28.6 Å². The monoisotopic (exact) mass is 837 g/mol. The average Bonchev–Trinajstić information content (AvgIpc) is 3.24. The summed E-state index contributed by atoms with van der Waals surface area (Å²) in [5.41, 5.74) is 0. The summed E-state index contributed by atoms with van der Waals surface area (Å²) < 4.78 is 16.7. The Morgan fingerprint density at radius 2 is 0.667 bits per heavy atom. The Hall–Kier alpha value is -3.15. The van der Waals surface area contributed by atoms with E-state index < -0.39 is 6.10 Å². The third kappa shape index (κ3) is 45.9. The van der Waals surface area contributed by atoms with Crippen LogP contribution in [0.25, 0.3) is 0 Å². The van der Waals surface area contributed by atoms with E-state index in [4.69, 9.17) is 14.2 Å². The second-order valence-corrected chi connectivity index (χ2v) is 16.3. The number of rotatable bonds is 44. The zero-order chi connectivity index (χ0) is 43.7. The predicted octanol–water partition coefficient (Wildman–Crippen LogP) is 16.3. The van der Waals surface area contributed by atoms with Crippen LogP contribution in [-0.2, 0) is 28.6 Å². The number of carbonyl (C=O) groups is 3. The van der Waals surface area contributed by atoms with Gasteiger partial charge in [0.05, 0.1) is 0 Å². The summed E-state index contributed by atoms with van der Waals surface area (Å²) in [5, 5.41) is 0. The van der Waals surface area contributed by atoms with Gasteiger partial charge < -0.3 is 14.2 Å². The van der Waals surface area contributed by atoms with Gasteiger partial charge in [0.25, 0.3) is 0 Å². The largest absolute Gasteiger partial charge is 0.462 e. The fraction of sp³-hybridized carbons (Fsp3) is 0.722. The van der Waals surface area contributed by atoms with Gasteiger partial charge in [0, 0.05) is 19.3 Å². The van der Waals surface area contributed by atoms with Gasteiger partial charge >= 0.3 is 17.9 Å². The van der Waals surface area contributed by atoms with Crippen LogP contribution >= 0.6 is 0 Å². The maximum Gasteiger partial charge on any atom is 0.306 e. The van der Waals surface area contributed by atoms with E-state index in [-0.39, 0.29) is 37.5 Å². The number of carbonyl (C=O) groups excluding carboxylic acids is 3. The molecule has 0 radical (unpaired) electrons. The summed E-state index contributed by atoms with van der Waals surface area (Å²) in [4.78, 5) is 37.8. The molecule has 0 saturated heterocycles. The molecule has 0 aromatic rings. The quantitative estimate of drug-likeness (QED) is 0.0263. The SMILES string of the molecule is CC/C=C\C/C=C\CCCCC(=O)OCC(COC(=O)CCC/C=C\C/C=C\C/C=C\CCCCCCCC)OC(=O)CCCCCCC/C=C\CCCCCCCCC. The van der Waals surface area contributed by atoms with Crippen LogP contribution in [0.1, 0.15) is 233 Å². The molecule has 0 amide bonds. The lowest BCUT2D eigenvalue weighted by molar-refractivity contribution is -0.167. The summed E-state index contributed by atoms with van der Waals surface area (Å²) in [7, 11) is 0. The van der Waals surface area contributed by atoms with Crippen LogP contribution in [0.2, 0.25) is 0 Å². The minimum Gasteiger partial charge on any atom is -0.462 e. The van der Waals surface area contributed by atoms with Crippen molar-refractivity contribution in [1.29, 1.82) is 0 Å². The molecule has 0 N–H and O–H groups in total. The van der Waals surface area contributed by atoms with Gasteiger partial charge in [-0.25, -0.2) is 0 Å². The molecule has 0 aromatic carbocycles. The number of allylic oxidation sites excluding steroid dienone is 12. The van der Waals surface area contributed by atoms with E-state index in [9.17, 15) is 14.4 Å². The molecule has 60 heavy (non-hydrogen) atoms. The van der Waals surface area contributed by atoms with Crippen LogP contribution in [0.15, 0.2) is 72.9 Å². The van der Waals surface area contributed by atoms with Gasteiger partial charge in [0.15, 0.2) is 6.10 Å². The molecule has 0 aromatic heterocycles. The van der Waals surface area contributed by atoms with Gasteiger partial charge in [-0.05, 0) is 103 Å². The van der Waals surface area contributed by atoms with Crippen molar-refractivity contribution in [3.63, 3.8) is 0 Å². The summed E-state index contributed by atoms with van der Waals surface area (Å²) in [6.45, 7) is 6.41. The molecule has 344 valence electrons. The normalized spacial score (nSPS) is 12.7. The Labute approximate surface area is 370 Å². The van der Waals surface area contributed by atoms with Gasteiger partial charge in [-0.15, -0.1) is 0 Å². The Balaban J connectivity index is 4.44. The van der Waals surface area contributed by atoms with E-state index in [2.05, 4.69) is 93.7 Å². The maximum absolute atomic E-state index is 12.8. The van der Waals surface area contributed by atoms with E-state index in [0.29, 0.717) is 19.3 Å². The minimum atomic E-state index is -0.811. The molecule has 1 unspecified atom stereocenters. The summed E-state index contributed by atoms with van der Waals surface area (Å²) in [6, 6.07) is 0. The molecule has 0 aliphatic rings. The van der Waals surface area contributed by atoms with E-state index in [1.165, 1.54) is 103 Å². The zero-order valence-corrected chi connectivity index (χ0v) is 39.2. The first-order valence-electron chi connectivity index (χ1n) is 24.9. The number of unbranched alkanes of at least 4 members (excludes halogenated alkanes) is 21. The van der Waals surface area contributed by atoms with Gasteiger partial charge in [0.2, 0.25) is 0 Å². The first kappa shape index (κ1) is 56.9. The van der Waals surface area contributed by atoms with Crippen molar-refractivity contribution in [3.05, 3.63) is 72.9 Å². The zero-order valence-electron chi connectivity index (χ0n) is 39.2. The molecule has 0 rings (SSSR count). The lowest BCUT2D eigenvalue weighted by Crippen LogP contribution is -2.30. The molecule has 0 heterocycles. The topological polar surface area (TPSA) is 78.9 Å². The van der Waals surface area contributed by atoms with E-state index in [1.807, 2.05) is 0 Å². The third-order valence-corrected chi connectivity index (χ3v) is 10.4. The lowest BCUT2D eigenvalue weighted by Gasteiger charge is -2.18. The van der Waals surface area contributed by atoms with Crippen LogP contribution in [0.5, 0.6) is 0 Å². The van der Waals surface area contributed by atoms with Gasteiger partial charge in [-0.3, -0.25) is 14.4 Å². The fourth-order valence-electron chi connectivity index (χ4n) is 6.67. The number of hydrogen-bond acceptors (Lipinski definition) is 6.